The lowest BCUT2D eigenvalue weighted by atomic mass is 10.1. The number of hydrogen-bond acceptors (Lipinski definition) is 5. The first kappa shape index (κ1) is 23.9. The molecule has 5 rings (SSSR count). The first-order chi connectivity index (χ1) is 17.7. The van der Waals surface area contributed by atoms with Crippen molar-refractivity contribution >= 4 is 45.5 Å². The van der Waals surface area contributed by atoms with Crippen LogP contribution in [0.4, 0.5) is 5.69 Å². The lowest BCUT2D eigenvalue weighted by Gasteiger charge is -2.14. The average Bonchev–Trinajstić information content (AvgIpc) is 3.40. The van der Waals surface area contributed by atoms with Crippen LogP contribution in [0.1, 0.15) is 11.1 Å². The molecule has 0 atom stereocenters. The molecule has 1 amide bonds. The third-order valence-corrected chi connectivity index (χ3v) is 7.01. The Balaban J connectivity index is 1.50. The Hall–Kier alpha value is -3.81. The largest absolute Gasteiger partial charge is 0.497 e. The number of carbonyl (C=O) groups is 1. The lowest BCUT2D eigenvalue weighted by molar-refractivity contribution is -0.122. The van der Waals surface area contributed by atoms with Crippen molar-refractivity contribution in [3.05, 3.63) is 101 Å². The summed E-state index contributed by atoms with van der Waals surface area (Å²) < 4.78 is 12.7. The van der Waals surface area contributed by atoms with Crippen LogP contribution >= 0.6 is 11.8 Å². The number of methoxy groups -OCH3 is 2. The Labute approximate surface area is 214 Å². The number of benzene rings is 3. The van der Waals surface area contributed by atoms with Gasteiger partial charge in [-0.3, -0.25) is 9.69 Å². The zero-order valence-corrected chi connectivity index (χ0v) is 21.1. The molecule has 4 aromatic rings. The van der Waals surface area contributed by atoms with Gasteiger partial charge in [-0.25, -0.2) is 4.99 Å². The van der Waals surface area contributed by atoms with E-state index >= 15 is 0 Å². The zero-order chi connectivity index (χ0) is 24.9. The summed E-state index contributed by atoms with van der Waals surface area (Å²) in [6.45, 7) is 1.62. The summed E-state index contributed by atoms with van der Waals surface area (Å²) in [4.78, 5) is 20.5. The second kappa shape index (κ2) is 10.8. The van der Waals surface area contributed by atoms with Crippen LogP contribution in [0.2, 0.25) is 0 Å². The minimum absolute atomic E-state index is 0.0656. The molecule has 1 aliphatic heterocycles. The van der Waals surface area contributed by atoms with Crippen LogP contribution in [-0.2, 0) is 16.1 Å². The van der Waals surface area contributed by atoms with Gasteiger partial charge >= 0.3 is 0 Å². The van der Waals surface area contributed by atoms with Gasteiger partial charge < -0.3 is 14.0 Å². The van der Waals surface area contributed by atoms with E-state index in [0.29, 0.717) is 23.2 Å². The first-order valence-electron chi connectivity index (χ1n) is 11.7. The van der Waals surface area contributed by atoms with Crippen LogP contribution in [0.3, 0.4) is 0 Å². The van der Waals surface area contributed by atoms with Gasteiger partial charge in [-0.1, -0.05) is 48.5 Å². The summed E-state index contributed by atoms with van der Waals surface area (Å²) in [7, 11) is 3.26. The Morgan fingerprint density at radius 1 is 0.944 bits per heavy atom. The van der Waals surface area contributed by atoms with Crippen molar-refractivity contribution in [3.8, 4) is 5.75 Å². The number of rotatable bonds is 8. The summed E-state index contributed by atoms with van der Waals surface area (Å²) in [5.41, 5.74) is 4.12. The Kier molecular flexibility index (Phi) is 7.21. The maximum Gasteiger partial charge on any atom is 0.266 e. The number of aromatic nitrogens is 1. The van der Waals surface area contributed by atoms with Gasteiger partial charge in [0.05, 0.1) is 30.9 Å². The third kappa shape index (κ3) is 5.08. The number of aliphatic imine (C=N–C) groups is 1. The second-order valence-electron chi connectivity index (χ2n) is 8.37. The fourth-order valence-corrected chi connectivity index (χ4v) is 5.20. The van der Waals surface area contributed by atoms with Gasteiger partial charge in [0.25, 0.3) is 5.91 Å². The van der Waals surface area contributed by atoms with Crippen molar-refractivity contribution in [2.75, 3.05) is 27.4 Å². The number of amidine groups is 1. The number of carbonyl (C=O) groups excluding carboxylic acids is 1. The highest BCUT2D eigenvalue weighted by Gasteiger charge is 2.33. The van der Waals surface area contributed by atoms with Crippen LogP contribution in [0, 0.1) is 0 Å². The third-order valence-electron chi connectivity index (χ3n) is 6.01. The highest BCUT2D eigenvalue weighted by atomic mass is 32.2. The van der Waals surface area contributed by atoms with E-state index in [4.69, 9.17) is 14.5 Å². The highest BCUT2D eigenvalue weighted by molar-refractivity contribution is 8.18. The molecule has 7 heteroatoms. The van der Waals surface area contributed by atoms with Crippen molar-refractivity contribution in [1.82, 2.24) is 9.47 Å². The predicted molar refractivity (Wildman–Crippen MR) is 147 cm³/mol. The Morgan fingerprint density at radius 2 is 1.69 bits per heavy atom. The van der Waals surface area contributed by atoms with Gasteiger partial charge in [-0.05, 0) is 53.7 Å². The van der Waals surface area contributed by atoms with E-state index in [1.165, 1.54) is 17.3 Å². The number of para-hydroxylation sites is 1. The number of ether oxygens (including phenoxy) is 2. The number of thioether (sulfide) groups is 1. The molecular weight excluding hydrogens is 470 g/mol. The fourth-order valence-electron chi connectivity index (χ4n) is 4.18. The summed E-state index contributed by atoms with van der Waals surface area (Å²) in [6.07, 6.45) is 4.10. The average molecular weight is 498 g/mol. The van der Waals surface area contributed by atoms with E-state index in [0.717, 1.165) is 34.4 Å². The molecule has 1 aliphatic rings. The van der Waals surface area contributed by atoms with Crippen LogP contribution < -0.4 is 4.74 Å². The summed E-state index contributed by atoms with van der Waals surface area (Å²) in [6, 6.07) is 26.1. The van der Waals surface area contributed by atoms with Gasteiger partial charge in [0.1, 0.15) is 5.75 Å². The quantitative estimate of drug-likeness (QED) is 0.282. The molecule has 1 aromatic heterocycles. The highest BCUT2D eigenvalue weighted by Crippen LogP contribution is 2.36. The van der Waals surface area contributed by atoms with Gasteiger partial charge in [-0.2, -0.15) is 0 Å². The predicted octanol–water partition coefficient (Wildman–Crippen LogP) is 5.95. The molecule has 0 saturated carbocycles. The fraction of sp³-hybridized carbons (Fsp3) is 0.172. The number of amides is 1. The SMILES string of the molecule is COCCN1C(=O)/C(=C\c2cn(Cc3ccccc3)c3ccccc23)SC1=Nc1ccc(OC)cc1. The summed E-state index contributed by atoms with van der Waals surface area (Å²) >= 11 is 1.39. The molecule has 182 valence electrons. The van der Waals surface area contributed by atoms with Gasteiger partial charge in [0.15, 0.2) is 5.17 Å². The van der Waals surface area contributed by atoms with Gasteiger partial charge in [0.2, 0.25) is 0 Å². The number of fused-ring (bicyclic) bond motifs is 1. The van der Waals surface area contributed by atoms with E-state index in [2.05, 4.69) is 47.2 Å². The normalized spacial score (nSPS) is 15.9. The van der Waals surface area contributed by atoms with Crippen molar-refractivity contribution < 1.29 is 14.3 Å². The first-order valence-corrected chi connectivity index (χ1v) is 12.5. The molecule has 0 bridgehead atoms. The minimum atomic E-state index is -0.0656. The summed E-state index contributed by atoms with van der Waals surface area (Å²) in [5, 5.41) is 1.75. The number of nitrogens with zero attached hydrogens (tertiary/aromatic N) is 3. The molecule has 1 saturated heterocycles. The van der Waals surface area contributed by atoms with Crippen molar-refractivity contribution in [1.29, 1.82) is 0 Å². The van der Waals surface area contributed by atoms with Gasteiger partial charge in [0, 0.05) is 36.3 Å². The van der Waals surface area contributed by atoms with E-state index in [1.54, 1.807) is 19.1 Å². The van der Waals surface area contributed by atoms with Crippen molar-refractivity contribution in [2.24, 2.45) is 4.99 Å². The maximum atomic E-state index is 13.4. The molecule has 0 N–H and O–H groups in total. The molecule has 0 radical (unpaired) electrons. The Bertz CT molecular complexity index is 1430. The van der Waals surface area contributed by atoms with Crippen LogP contribution in [-0.4, -0.2) is 47.9 Å². The smallest absolute Gasteiger partial charge is 0.266 e. The minimum Gasteiger partial charge on any atom is -0.497 e. The standard InChI is InChI=1S/C29H27N3O3S/c1-34-17-16-32-28(33)27(36-29(32)30-23-12-14-24(35-2)15-13-23)18-22-20-31(19-21-8-4-3-5-9-21)26-11-7-6-10-25(22)26/h3-15,18,20H,16-17,19H2,1-2H3/b27-18+,30-29?. The zero-order valence-electron chi connectivity index (χ0n) is 20.3. The molecular formula is C29H27N3O3S. The van der Waals surface area contributed by atoms with E-state index in [9.17, 15) is 4.79 Å². The molecule has 6 nitrogen and oxygen atoms in total. The molecule has 36 heavy (non-hydrogen) atoms. The van der Waals surface area contributed by atoms with Crippen LogP contribution in [0.15, 0.2) is 95.0 Å². The Morgan fingerprint density at radius 3 is 2.44 bits per heavy atom. The second-order valence-corrected chi connectivity index (χ2v) is 9.38. The molecule has 0 unspecified atom stereocenters. The molecule has 2 heterocycles. The van der Waals surface area contributed by atoms with Crippen LogP contribution in [0.25, 0.3) is 17.0 Å². The van der Waals surface area contributed by atoms with E-state index < -0.39 is 0 Å². The van der Waals surface area contributed by atoms with E-state index in [1.807, 2.05) is 48.5 Å². The van der Waals surface area contributed by atoms with E-state index in [-0.39, 0.29) is 5.91 Å². The monoisotopic (exact) mass is 497 g/mol. The summed E-state index contributed by atoms with van der Waals surface area (Å²) in [5.74, 6) is 0.696. The topological polar surface area (TPSA) is 56.1 Å². The lowest BCUT2D eigenvalue weighted by Crippen LogP contribution is -2.32. The van der Waals surface area contributed by atoms with Gasteiger partial charge in [-0.15, -0.1) is 0 Å². The molecule has 3 aromatic carbocycles. The number of hydrogen-bond donors (Lipinski definition) is 0. The van der Waals surface area contributed by atoms with Crippen molar-refractivity contribution in [3.63, 3.8) is 0 Å². The molecule has 1 fully saturated rings. The maximum absolute atomic E-state index is 13.4. The molecule has 0 aliphatic carbocycles. The molecule has 0 spiro atoms. The van der Waals surface area contributed by atoms with Crippen molar-refractivity contribution in [2.45, 2.75) is 6.54 Å². The van der Waals surface area contributed by atoms with Crippen LogP contribution in [0.5, 0.6) is 5.75 Å².